The van der Waals surface area contributed by atoms with E-state index in [-0.39, 0.29) is 25.2 Å². The normalized spacial score (nSPS) is 15.8. The Labute approximate surface area is 221 Å². The van der Waals surface area contributed by atoms with Gasteiger partial charge >= 0.3 is 6.09 Å². The molecule has 1 fully saturated rings. The quantitative estimate of drug-likeness (QED) is 0.319. The van der Waals surface area contributed by atoms with Crippen LogP contribution in [0.15, 0.2) is 60.9 Å². The van der Waals surface area contributed by atoms with Gasteiger partial charge in [-0.1, -0.05) is 54.6 Å². The van der Waals surface area contributed by atoms with Crippen LogP contribution in [0.25, 0.3) is 22.3 Å². The van der Waals surface area contributed by atoms with Gasteiger partial charge in [0.05, 0.1) is 12.4 Å². The maximum absolute atomic E-state index is 11.6. The molecular formula is C28H33N7O3. The van der Waals surface area contributed by atoms with Gasteiger partial charge in [0.2, 0.25) is 5.95 Å². The number of anilines is 2. The first-order valence-electron chi connectivity index (χ1n) is 12.9. The molecule has 0 bridgehead atoms. The summed E-state index contributed by atoms with van der Waals surface area (Å²) < 4.78 is 2.01. The molecule has 1 atom stereocenters. The molecule has 1 aliphatic rings. The van der Waals surface area contributed by atoms with Crippen LogP contribution >= 0.6 is 0 Å². The molecule has 4 aromatic rings. The van der Waals surface area contributed by atoms with Crippen LogP contribution in [-0.2, 0) is 6.54 Å². The van der Waals surface area contributed by atoms with Crippen molar-refractivity contribution in [2.45, 2.75) is 38.9 Å². The highest BCUT2D eigenvalue weighted by atomic mass is 16.4. The Kier molecular flexibility index (Phi) is 7.41. The Hall–Kier alpha value is -4.18. The van der Waals surface area contributed by atoms with Gasteiger partial charge in [-0.2, -0.15) is 9.97 Å². The molecule has 3 heterocycles. The number of aliphatic hydroxyl groups is 1. The van der Waals surface area contributed by atoms with E-state index in [1.54, 1.807) is 6.33 Å². The van der Waals surface area contributed by atoms with E-state index in [9.17, 15) is 15.0 Å². The van der Waals surface area contributed by atoms with Crippen LogP contribution in [-0.4, -0.2) is 73.0 Å². The number of hydrogen-bond acceptors (Lipinski definition) is 7. The molecule has 3 N–H and O–H groups in total. The molecule has 0 aliphatic carbocycles. The van der Waals surface area contributed by atoms with E-state index in [1.807, 2.05) is 27.7 Å². The summed E-state index contributed by atoms with van der Waals surface area (Å²) in [5, 5.41) is 22.6. The van der Waals surface area contributed by atoms with E-state index < -0.39 is 6.09 Å². The summed E-state index contributed by atoms with van der Waals surface area (Å²) >= 11 is 0. The van der Waals surface area contributed by atoms with Gasteiger partial charge in [-0.25, -0.2) is 9.78 Å². The van der Waals surface area contributed by atoms with Crippen LogP contribution in [0.4, 0.5) is 16.6 Å². The molecule has 0 unspecified atom stereocenters. The second-order valence-corrected chi connectivity index (χ2v) is 9.79. The number of carbonyl (C=O) groups is 1. The minimum atomic E-state index is -0.956. The molecule has 10 heteroatoms. The van der Waals surface area contributed by atoms with Gasteiger partial charge in [0.1, 0.15) is 0 Å². The predicted octanol–water partition coefficient (Wildman–Crippen LogP) is 4.24. The molecule has 5 rings (SSSR count). The Bertz CT molecular complexity index is 1390. The van der Waals surface area contributed by atoms with Gasteiger partial charge in [-0.15, -0.1) is 0 Å². The second kappa shape index (κ2) is 11.1. The minimum Gasteiger partial charge on any atom is -0.465 e. The molecule has 0 saturated carbocycles. The van der Waals surface area contributed by atoms with E-state index in [4.69, 9.17) is 9.97 Å². The van der Waals surface area contributed by atoms with Crippen LogP contribution in [0, 0.1) is 0 Å². The van der Waals surface area contributed by atoms with E-state index in [1.165, 1.54) is 10.5 Å². The van der Waals surface area contributed by atoms with Gasteiger partial charge < -0.3 is 29.9 Å². The van der Waals surface area contributed by atoms with Crippen molar-refractivity contribution < 1.29 is 15.0 Å². The van der Waals surface area contributed by atoms with Crippen LogP contribution < -0.4 is 10.2 Å². The highest BCUT2D eigenvalue weighted by Crippen LogP contribution is 2.28. The largest absolute Gasteiger partial charge is 0.465 e. The second-order valence-electron chi connectivity index (χ2n) is 9.79. The van der Waals surface area contributed by atoms with Gasteiger partial charge in [0.25, 0.3) is 0 Å². The first-order valence-corrected chi connectivity index (χ1v) is 12.9. The van der Waals surface area contributed by atoms with E-state index in [0.717, 1.165) is 16.8 Å². The number of amides is 1. The minimum absolute atomic E-state index is 0.0507. The van der Waals surface area contributed by atoms with Crippen molar-refractivity contribution in [2.24, 2.45) is 0 Å². The molecular weight excluding hydrogens is 482 g/mol. The molecule has 1 saturated heterocycles. The fourth-order valence-corrected chi connectivity index (χ4v) is 4.85. The van der Waals surface area contributed by atoms with Crippen molar-refractivity contribution in [3.8, 4) is 11.1 Å². The molecule has 0 spiro atoms. The monoisotopic (exact) mass is 515 g/mol. The van der Waals surface area contributed by atoms with Gasteiger partial charge in [0.15, 0.2) is 17.0 Å². The number of piperazine rings is 1. The summed E-state index contributed by atoms with van der Waals surface area (Å²) in [6.45, 7) is 5.73. The first-order chi connectivity index (χ1) is 18.4. The lowest BCUT2D eigenvalue weighted by atomic mass is 10.0. The summed E-state index contributed by atoms with van der Waals surface area (Å²) in [5.74, 6) is 1.13. The highest BCUT2D eigenvalue weighted by molar-refractivity contribution is 5.84. The van der Waals surface area contributed by atoms with Crippen molar-refractivity contribution in [3.05, 3.63) is 66.5 Å². The third-order valence-corrected chi connectivity index (χ3v) is 6.96. The number of aromatic nitrogens is 4. The Morgan fingerprint density at radius 2 is 1.79 bits per heavy atom. The lowest BCUT2D eigenvalue weighted by Crippen LogP contribution is -2.55. The lowest BCUT2D eigenvalue weighted by Gasteiger charge is -2.40. The number of imidazole rings is 1. The first kappa shape index (κ1) is 25.5. The SMILES string of the molecule is CC(C)n1cnc2c(NCc3ccc(-c4ccccc4)cc3)nc(N3CCN(C(=O)O)C[C@@H]3CCO)nc21. The zero-order valence-electron chi connectivity index (χ0n) is 21.7. The number of fused-ring (bicyclic) bond motifs is 1. The number of rotatable bonds is 8. The molecule has 198 valence electrons. The zero-order chi connectivity index (χ0) is 26.6. The summed E-state index contributed by atoms with van der Waals surface area (Å²) in [6, 6.07) is 18.6. The van der Waals surface area contributed by atoms with E-state index in [0.29, 0.717) is 43.3 Å². The summed E-state index contributed by atoms with van der Waals surface area (Å²) in [5.41, 5.74) is 4.84. The fourth-order valence-electron chi connectivity index (χ4n) is 4.85. The van der Waals surface area contributed by atoms with Crippen LogP contribution in [0.1, 0.15) is 31.9 Å². The standard InChI is InChI=1S/C28H33N7O3/c1-19(2)35-18-30-24-25(29-16-20-8-10-22(11-9-20)21-6-4-3-5-7-21)31-27(32-26(24)35)34-14-13-33(28(37)38)17-23(34)12-15-36/h3-11,18-19,23,36H,12-17H2,1-2H3,(H,37,38)(H,29,31,32)/t23-/m0/s1. The van der Waals surface area contributed by atoms with Gasteiger partial charge in [-0.05, 0) is 37.0 Å². The van der Waals surface area contributed by atoms with Crippen molar-refractivity contribution in [3.63, 3.8) is 0 Å². The van der Waals surface area contributed by atoms with Gasteiger partial charge in [-0.3, -0.25) is 0 Å². The number of nitrogens with one attached hydrogen (secondary N) is 1. The zero-order valence-corrected chi connectivity index (χ0v) is 21.7. The van der Waals surface area contributed by atoms with Crippen LogP contribution in [0.2, 0.25) is 0 Å². The maximum atomic E-state index is 11.6. The molecule has 10 nitrogen and oxygen atoms in total. The number of benzene rings is 2. The molecule has 38 heavy (non-hydrogen) atoms. The highest BCUT2D eigenvalue weighted by Gasteiger charge is 2.31. The molecule has 0 radical (unpaired) electrons. The van der Waals surface area contributed by atoms with Crippen LogP contribution in [0.3, 0.4) is 0 Å². The van der Waals surface area contributed by atoms with E-state index in [2.05, 4.69) is 60.5 Å². The summed E-state index contributed by atoms with van der Waals surface area (Å²) in [4.78, 5) is 29.3. The average Bonchev–Trinajstić information content (AvgIpc) is 3.37. The van der Waals surface area contributed by atoms with E-state index >= 15 is 0 Å². The number of carboxylic acid groups (broad SMARTS) is 1. The average molecular weight is 516 g/mol. The van der Waals surface area contributed by atoms with Crippen molar-refractivity contribution in [1.82, 2.24) is 24.4 Å². The lowest BCUT2D eigenvalue weighted by molar-refractivity contribution is 0.130. The third kappa shape index (κ3) is 5.26. The Balaban J connectivity index is 1.44. The van der Waals surface area contributed by atoms with Crippen LogP contribution in [0.5, 0.6) is 0 Å². The molecule has 2 aromatic carbocycles. The Morgan fingerprint density at radius 3 is 2.47 bits per heavy atom. The van der Waals surface area contributed by atoms with Crippen molar-refractivity contribution in [2.75, 3.05) is 36.5 Å². The summed E-state index contributed by atoms with van der Waals surface area (Å²) in [6.07, 6.45) is 1.24. The summed E-state index contributed by atoms with van der Waals surface area (Å²) in [7, 11) is 0. The van der Waals surface area contributed by atoms with Crippen molar-refractivity contribution in [1.29, 1.82) is 0 Å². The number of hydrogen-bond donors (Lipinski definition) is 3. The number of aliphatic hydroxyl groups excluding tert-OH is 1. The molecule has 1 aliphatic heterocycles. The Morgan fingerprint density at radius 1 is 1.05 bits per heavy atom. The number of nitrogens with zero attached hydrogens (tertiary/aromatic N) is 6. The van der Waals surface area contributed by atoms with Gasteiger partial charge in [0, 0.05) is 38.8 Å². The van der Waals surface area contributed by atoms with Crippen molar-refractivity contribution >= 4 is 29.0 Å². The third-order valence-electron chi connectivity index (χ3n) is 6.96. The topological polar surface area (TPSA) is 120 Å². The maximum Gasteiger partial charge on any atom is 0.407 e. The molecule has 1 amide bonds. The fraction of sp³-hybridized carbons (Fsp3) is 0.357. The smallest absolute Gasteiger partial charge is 0.407 e. The molecule has 2 aromatic heterocycles. The predicted molar refractivity (Wildman–Crippen MR) is 147 cm³/mol.